The molecule has 21 heavy (non-hydrogen) atoms. The van der Waals surface area contributed by atoms with Crippen LogP contribution in [-0.2, 0) is 6.54 Å². The second-order valence-corrected chi connectivity index (χ2v) is 4.85. The fourth-order valence-corrected chi connectivity index (χ4v) is 2.47. The molecule has 1 aromatic heterocycles. The molecule has 1 heterocycles. The normalized spacial score (nSPS) is 10.7. The van der Waals surface area contributed by atoms with E-state index in [9.17, 15) is 4.79 Å². The molecule has 0 saturated heterocycles. The highest BCUT2D eigenvalue weighted by Crippen LogP contribution is 2.33. The Morgan fingerprint density at radius 2 is 2.00 bits per heavy atom. The highest BCUT2D eigenvalue weighted by Gasteiger charge is 2.20. The molecule has 3 N–H and O–H groups in total. The lowest BCUT2D eigenvalue weighted by Gasteiger charge is -2.10. The summed E-state index contributed by atoms with van der Waals surface area (Å²) < 4.78 is 6.68. The number of aldehydes is 1. The standard InChI is InChI=1S/C15H19N3O3/c1-9-6-11(21-3)7-10(2)13(9)14-12(8-20)15(16)18(17-14)4-5-19/h6-8,19H,4-5,16H2,1-3H3. The van der Waals surface area contributed by atoms with Gasteiger partial charge in [0.25, 0.3) is 0 Å². The van der Waals surface area contributed by atoms with Crippen molar-refractivity contribution in [2.24, 2.45) is 0 Å². The molecule has 0 aliphatic rings. The first-order valence-electron chi connectivity index (χ1n) is 6.61. The third-order valence-electron chi connectivity index (χ3n) is 3.44. The fourth-order valence-electron chi connectivity index (χ4n) is 2.47. The summed E-state index contributed by atoms with van der Waals surface area (Å²) in [5.74, 6) is 1.02. The summed E-state index contributed by atoms with van der Waals surface area (Å²) in [5, 5.41) is 13.4. The zero-order valence-electron chi connectivity index (χ0n) is 12.4. The minimum Gasteiger partial charge on any atom is -0.497 e. The van der Waals surface area contributed by atoms with Gasteiger partial charge in [0.05, 0.1) is 25.8 Å². The van der Waals surface area contributed by atoms with Crippen molar-refractivity contribution in [3.05, 3.63) is 28.8 Å². The van der Waals surface area contributed by atoms with Crippen LogP contribution in [-0.4, -0.2) is 34.9 Å². The van der Waals surface area contributed by atoms with Crippen molar-refractivity contribution in [3.8, 4) is 17.0 Å². The van der Waals surface area contributed by atoms with E-state index in [1.54, 1.807) is 7.11 Å². The Morgan fingerprint density at radius 3 is 2.48 bits per heavy atom. The summed E-state index contributed by atoms with van der Waals surface area (Å²) in [5.41, 5.74) is 9.57. The number of ether oxygens (including phenoxy) is 1. The van der Waals surface area contributed by atoms with E-state index in [1.807, 2.05) is 26.0 Å². The van der Waals surface area contributed by atoms with Crippen LogP contribution in [0.15, 0.2) is 12.1 Å². The summed E-state index contributed by atoms with van der Waals surface area (Å²) in [6, 6.07) is 3.77. The number of hydrogen-bond acceptors (Lipinski definition) is 5. The van der Waals surface area contributed by atoms with E-state index in [0.29, 0.717) is 17.5 Å². The number of carbonyl (C=O) groups is 1. The van der Waals surface area contributed by atoms with Crippen molar-refractivity contribution in [2.45, 2.75) is 20.4 Å². The highest BCUT2D eigenvalue weighted by atomic mass is 16.5. The number of hydrogen-bond donors (Lipinski definition) is 2. The van der Waals surface area contributed by atoms with E-state index < -0.39 is 0 Å². The van der Waals surface area contributed by atoms with Gasteiger partial charge in [-0.15, -0.1) is 0 Å². The lowest BCUT2D eigenvalue weighted by atomic mass is 9.97. The second kappa shape index (κ2) is 5.97. The SMILES string of the molecule is COc1cc(C)c(-c2nn(CCO)c(N)c2C=O)c(C)c1. The first kappa shape index (κ1) is 15.1. The molecule has 0 bridgehead atoms. The molecular formula is C15H19N3O3. The Kier molecular flexibility index (Phi) is 4.28. The maximum Gasteiger partial charge on any atom is 0.156 e. The third-order valence-corrected chi connectivity index (χ3v) is 3.44. The maximum atomic E-state index is 11.4. The molecule has 0 aliphatic heterocycles. The average Bonchev–Trinajstić information content (AvgIpc) is 2.75. The van der Waals surface area contributed by atoms with Crippen molar-refractivity contribution >= 4 is 12.1 Å². The maximum absolute atomic E-state index is 11.4. The number of nitrogens with two attached hydrogens (primary N) is 1. The van der Waals surface area contributed by atoms with Gasteiger partial charge in [0.2, 0.25) is 0 Å². The summed E-state index contributed by atoms with van der Waals surface area (Å²) in [7, 11) is 1.61. The van der Waals surface area contributed by atoms with E-state index >= 15 is 0 Å². The van der Waals surface area contributed by atoms with Gasteiger partial charge in [-0.3, -0.25) is 4.79 Å². The first-order valence-corrected chi connectivity index (χ1v) is 6.61. The average molecular weight is 289 g/mol. The van der Waals surface area contributed by atoms with Crippen LogP contribution in [0.5, 0.6) is 5.75 Å². The van der Waals surface area contributed by atoms with E-state index in [4.69, 9.17) is 15.6 Å². The number of methoxy groups -OCH3 is 1. The number of carbonyl (C=O) groups excluding carboxylic acids is 1. The Labute approximate surface area is 123 Å². The van der Waals surface area contributed by atoms with Crippen LogP contribution >= 0.6 is 0 Å². The number of aromatic nitrogens is 2. The molecule has 6 nitrogen and oxygen atoms in total. The van der Waals surface area contributed by atoms with Crippen LogP contribution in [0.25, 0.3) is 11.3 Å². The zero-order chi connectivity index (χ0) is 15.6. The van der Waals surface area contributed by atoms with Gasteiger partial charge in [-0.05, 0) is 37.1 Å². The zero-order valence-corrected chi connectivity index (χ0v) is 12.4. The number of aryl methyl sites for hydroxylation is 2. The minimum atomic E-state index is -0.0931. The largest absolute Gasteiger partial charge is 0.497 e. The molecule has 0 spiro atoms. The molecule has 0 fully saturated rings. The lowest BCUT2D eigenvalue weighted by molar-refractivity contribution is 0.112. The van der Waals surface area contributed by atoms with Crippen molar-refractivity contribution < 1.29 is 14.6 Å². The number of aliphatic hydroxyl groups excluding tert-OH is 1. The van der Waals surface area contributed by atoms with Gasteiger partial charge in [-0.2, -0.15) is 5.10 Å². The number of rotatable bonds is 5. The molecular weight excluding hydrogens is 270 g/mol. The molecule has 6 heteroatoms. The summed E-state index contributed by atoms with van der Waals surface area (Å²) in [4.78, 5) is 11.4. The molecule has 2 rings (SSSR count). The van der Waals surface area contributed by atoms with Gasteiger partial charge < -0.3 is 15.6 Å². The summed E-state index contributed by atoms with van der Waals surface area (Å²) in [6.07, 6.45) is 0.703. The Bertz CT molecular complexity index is 654. The van der Waals surface area contributed by atoms with E-state index in [2.05, 4.69) is 5.10 Å². The Hall–Kier alpha value is -2.34. The van der Waals surface area contributed by atoms with Crippen LogP contribution < -0.4 is 10.5 Å². The number of nitrogen functional groups attached to an aromatic ring is 1. The van der Waals surface area contributed by atoms with Gasteiger partial charge in [-0.1, -0.05) is 0 Å². The fraction of sp³-hybridized carbons (Fsp3) is 0.333. The van der Waals surface area contributed by atoms with Crippen LogP contribution in [0.3, 0.4) is 0 Å². The van der Waals surface area contributed by atoms with Crippen LogP contribution in [0.4, 0.5) is 5.82 Å². The number of nitrogens with zero attached hydrogens (tertiary/aromatic N) is 2. The quantitative estimate of drug-likeness (QED) is 0.815. The predicted molar refractivity (Wildman–Crippen MR) is 80.6 cm³/mol. The van der Waals surface area contributed by atoms with Gasteiger partial charge >= 0.3 is 0 Å². The van der Waals surface area contributed by atoms with Gasteiger partial charge in [0.15, 0.2) is 6.29 Å². The molecule has 2 aromatic rings. The smallest absolute Gasteiger partial charge is 0.156 e. The topological polar surface area (TPSA) is 90.4 Å². The van der Waals surface area contributed by atoms with Gasteiger partial charge in [0, 0.05) is 5.56 Å². The molecule has 1 aromatic carbocycles. The van der Waals surface area contributed by atoms with Crippen molar-refractivity contribution in [1.82, 2.24) is 9.78 Å². The van der Waals surface area contributed by atoms with Crippen LogP contribution in [0.1, 0.15) is 21.5 Å². The Morgan fingerprint density at radius 1 is 1.38 bits per heavy atom. The molecule has 0 unspecified atom stereocenters. The van der Waals surface area contributed by atoms with Crippen LogP contribution in [0.2, 0.25) is 0 Å². The summed E-state index contributed by atoms with van der Waals surface area (Å²) in [6.45, 7) is 4.02. The Balaban J connectivity index is 2.67. The number of benzene rings is 1. The molecule has 0 saturated carbocycles. The number of aliphatic hydroxyl groups is 1. The van der Waals surface area contributed by atoms with Gasteiger partial charge in [-0.25, -0.2) is 4.68 Å². The highest BCUT2D eigenvalue weighted by molar-refractivity contribution is 5.93. The van der Waals surface area contributed by atoms with E-state index in [-0.39, 0.29) is 19.0 Å². The summed E-state index contributed by atoms with van der Waals surface area (Å²) >= 11 is 0. The monoisotopic (exact) mass is 289 g/mol. The molecule has 0 atom stereocenters. The molecule has 0 radical (unpaired) electrons. The number of anilines is 1. The van der Waals surface area contributed by atoms with E-state index in [1.165, 1.54) is 4.68 Å². The molecule has 112 valence electrons. The van der Waals surface area contributed by atoms with Crippen molar-refractivity contribution in [3.63, 3.8) is 0 Å². The first-order chi connectivity index (χ1) is 10.0. The second-order valence-electron chi connectivity index (χ2n) is 4.85. The minimum absolute atomic E-state index is 0.0931. The van der Waals surface area contributed by atoms with E-state index in [0.717, 1.165) is 22.4 Å². The lowest BCUT2D eigenvalue weighted by Crippen LogP contribution is -2.08. The van der Waals surface area contributed by atoms with Crippen molar-refractivity contribution in [2.75, 3.05) is 19.5 Å². The van der Waals surface area contributed by atoms with Gasteiger partial charge in [0.1, 0.15) is 17.3 Å². The molecule has 0 aliphatic carbocycles. The van der Waals surface area contributed by atoms with Crippen LogP contribution in [0, 0.1) is 13.8 Å². The van der Waals surface area contributed by atoms with Crippen molar-refractivity contribution in [1.29, 1.82) is 0 Å². The molecule has 0 amide bonds. The third kappa shape index (κ3) is 2.62. The predicted octanol–water partition coefficient (Wildman–Crippen LogP) is 1.56.